The van der Waals surface area contributed by atoms with Gasteiger partial charge in [0.2, 0.25) is 11.8 Å². The molecule has 2 aromatic heterocycles. The summed E-state index contributed by atoms with van der Waals surface area (Å²) in [6, 6.07) is 13.2. The smallest absolute Gasteiger partial charge is 0.312 e. The van der Waals surface area contributed by atoms with Crippen molar-refractivity contribution in [2.24, 2.45) is 17.4 Å². The Balaban J connectivity index is 0.000000341. The topological polar surface area (TPSA) is 217 Å². The molecule has 0 aliphatic rings. The van der Waals surface area contributed by atoms with E-state index in [4.69, 9.17) is 26.7 Å². The van der Waals surface area contributed by atoms with Crippen molar-refractivity contribution < 1.29 is 23.9 Å². The lowest BCUT2D eigenvalue weighted by Crippen LogP contribution is -2.51. The van der Waals surface area contributed by atoms with Crippen LogP contribution in [0.15, 0.2) is 48.5 Å². The van der Waals surface area contributed by atoms with Gasteiger partial charge in [0.15, 0.2) is 5.82 Å². The summed E-state index contributed by atoms with van der Waals surface area (Å²) in [7, 11) is 1.61. The number of urea groups is 1. The Morgan fingerprint density at radius 2 is 1.70 bits per heavy atom. The number of aromatic nitrogens is 2. The lowest BCUT2D eigenvalue weighted by molar-refractivity contribution is -0.128. The molecule has 0 saturated heterocycles. The van der Waals surface area contributed by atoms with Gasteiger partial charge in [-0.1, -0.05) is 51.1 Å². The number of fused-ring (bicyclic) bond motifs is 3. The van der Waals surface area contributed by atoms with Crippen LogP contribution in [0.3, 0.4) is 0 Å². The predicted octanol–water partition coefficient (Wildman–Crippen LogP) is 3.88. The molecule has 1 unspecified atom stereocenters. The highest BCUT2D eigenvalue weighted by atomic mass is 32.1. The van der Waals surface area contributed by atoms with Gasteiger partial charge >= 0.3 is 6.03 Å². The fourth-order valence-corrected chi connectivity index (χ4v) is 5.63. The number of rotatable bonds is 13. The van der Waals surface area contributed by atoms with E-state index in [-0.39, 0.29) is 11.8 Å². The molecule has 4 amide bonds. The van der Waals surface area contributed by atoms with Gasteiger partial charge in [-0.15, -0.1) is 11.3 Å². The average Bonchev–Trinajstić information content (AvgIpc) is 3.49. The Hall–Kier alpha value is -4.66. The number of benzene rings is 2. The van der Waals surface area contributed by atoms with Crippen LogP contribution in [0.1, 0.15) is 50.6 Å². The molecule has 4 aromatic rings. The number of carbonyl (C=O) groups excluding carboxylic acids is 4. The molecule has 2 heterocycles. The number of nitrogens with zero attached hydrogens (tertiary/aromatic N) is 2. The summed E-state index contributed by atoms with van der Waals surface area (Å²) in [6.45, 7) is 8.60. The van der Waals surface area contributed by atoms with Gasteiger partial charge in [-0.2, -0.15) is 0 Å². The van der Waals surface area contributed by atoms with Crippen molar-refractivity contribution in [3.8, 4) is 0 Å². The van der Waals surface area contributed by atoms with Crippen LogP contribution in [-0.2, 0) is 32.1 Å². The lowest BCUT2D eigenvalue weighted by Gasteiger charge is -2.22. The first-order valence-corrected chi connectivity index (χ1v) is 16.1. The number of thiazole rings is 1. The second-order valence-electron chi connectivity index (χ2n) is 10.9. The normalized spacial score (nSPS) is 11.9. The zero-order chi connectivity index (χ0) is 34.9. The van der Waals surface area contributed by atoms with E-state index in [9.17, 15) is 14.4 Å². The number of aryl methyl sites for hydroxylation is 1. The van der Waals surface area contributed by atoms with Crippen molar-refractivity contribution in [1.82, 2.24) is 20.6 Å². The van der Waals surface area contributed by atoms with Crippen molar-refractivity contribution in [3.05, 3.63) is 59.1 Å². The second-order valence-corrected chi connectivity index (χ2v) is 12.0. The molecule has 0 saturated carbocycles. The molecule has 47 heavy (non-hydrogen) atoms. The molecule has 0 bridgehead atoms. The van der Waals surface area contributed by atoms with E-state index in [1.54, 1.807) is 30.6 Å². The Labute approximate surface area is 279 Å². The predicted molar refractivity (Wildman–Crippen MR) is 188 cm³/mol. The third-order valence-corrected chi connectivity index (χ3v) is 8.07. The number of ether oxygens (including phenoxy) is 1. The highest BCUT2D eigenvalue weighted by Gasteiger charge is 2.25. The maximum absolute atomic E-state index is 12.7. The van der Waals surface area contributed by atoms with Gasteiger partial charge in [-0.05, 0) is 55.4 Å². The van der Waals surface area contributed by atoms with Gasteiger partial charge in [0.1, 0.15) is 18.3 Å². The SMILES string of the molecule is C=O.CCCc1nc2c(N)nc3ccccc3c2s1.COCc1ccc(NC(=O)C(CCCNC(N)=O)NC(=O)[C@@H](N)C(C)C)cc1. The summed E-state index contributed by atoms with van der Waals surface area (Å²) >= 11 is 1.73. The van der Waals surface area contributed by atoms with Gasteiger partial charge < -0.3 is 42.7 Å². The molecule has 2 atom stereocenters. The number of nitrogen functional groups attached to an aromatic ring is 1. The Morgan fingerprint density at radius 3 is 2.32 bits per heavy atom. The highest BCUT2D eigenvalue weighted by Crippen LogP contribution is 2.32. The average molecular weight is 667 g/mol. The van der Waals surface area contributed by atoms with Crippen molar-refractivity contribution in [2.45, 2.75) is 65.1 Å². The van der Waals surface area contributed by atoms with Gasteiger partial charge in [-0.25, -0.2) is 14.8 Å². The van der Waals surface area contributed by atoms with Crippen LogP contribution in [0, 0.1) is 5.92 Å². The van der Waals surface area contributed by atoms with Crippen LogP contribution in [0.2, 0.25) is 0 Å². The van der Waals surface area contributed by atoms with Gasteiger partial charge in [0.05, 0.1) is 27.9 Å². The number of hydrogen-bond donors (Lipinski definition) is 6. The molecule has 0 radical (unpaired) electrons. The van der Waals surface area contributed by atoms with Crippen molar-refractivity contribution in [1.29, 1.82) is 0 Å². The zero-order valence-corrected chi connectivity index (χ0v) is 28.2. The van der Waals surface area contributed by atoms with Crippen molar-refractivity contribution in [3.63, 3.8) is 0 Å². The molecule has 2 aromatic carbocycles. The van der Waals surface area contributed by atoms with Crippen LogP contribution < -0.4 is 33.2 Å². The third kappa shape index (κ3) is 11.9. The number of para-hydroxylation sites is 1. The van der Waals surface area contributed by atoms with Gasteiger partial charge in [-0.3, -0.25) is 9.59 Å². The van der Waals surface area contributed by atoms with E-state index in [1.165, 1.54) is 0 Å². The minimum Gasteiger partial charge on any atom is -0.382 e. The van der Waals surface area contributed by atoms with Crippen molar-refractivity contribution in [2.75, 3.05) is 24.7 Å². The van der Waals surface area contributed by atoms with Crippen LogP contribution in [0.4, 0.5) is 16.3 Å². The molecule has 13 nitrogen and oxygen atoms in total. The largest absolute Gasteiger partial charge is 0.382 e. The summed E-state index contributed by atoms with van der Waals surface area (Å²) in [5, 5.41) is 10.2. The first-order chi connectivity index (χ1) is 22.5. The first kappa shape index (κ1) is 38.5. The van der Waals surface area contributed by atoms with Crippen LogP contribution in [-0.4, -0.2) is 60.3 Å². The maximum Gasteiger partial charge on any atom is 0.312 e. The molecule has 0 aliphatic heterocycles. The zero-order valence-electron chi connectivity index (χ0n) is 27.4. The van der Waals surface area contributed by atoms with E-state index in [0.717, 1.165) is 44.5 Å². The summed E-state index contributed by atoms with van der Waals surface area (Å²) in [4.78, 5) is 52.7. The number of hydrogen-bond acceptors (Lipinski definition) is 10. The molecule has 0 aliphatic carbocycles. The van der Waals surface area contributed by atoms with Crippen LogP contribution >= 0.6 is 11.3 Å². The number of amides is 4. The van der Waals surface area contributed by atoms with Crippen molar-refractivity contribution >= 4 is 68.6 Å². The number of carbonyl (C=O) groups is 4. The Kier molecular flexibility index (Phi) is 16.2. The molecular formula is C33H46N8O5S. The summed E-state index contributed by atoms with van der Waals surface area (Å²) in [5.41, 5.74) is 20.3. The monoisotopic (exact) mass is 666 g/mol. The number of nitrogens with one attached hydrogen (secondary N) is 3. The third-order valence-electron chi connectivity index (χ3n) is 6.92. The van der Waals surface area contributed by atoms with E-state index >= 15 is 0 Å². The maximum atomic E-state index is 12.7. The molecular weight excluding hydrogens is 620 g/mol. The van der Waals surface area contributed by atoms with Crippen LogP contribution in [0.5, 0.6) is 0 Å². The lowest BCUT2D eigenvalue weighted by atomic mass is 10.0. The number of methoxy groups -OCH3 is 1. The van der Waals surface area contributed by atoms with E-state index in [2.05, 4.69) is 38.9 Å². The minimum atomic E-state index is -0.786. The van der Waals surface area contributed by atoms with Gasteiger partial charge in [0.25, 0.3) is 0 Å². The quantitative estimate of drug-likeness (QED) is 0.114. The Morgan fingerprint density at radius 1 is 1.02 bits per heavy atom. The highest BCUT2D eigenvalue weighted by molar-refractivity contribution is 7.19. The first-order valence-electron chi connectivity index (χ1n) is 15.2. The summed E-state index contributed by atoms with van der Waals surface area (Å²) < 4.78 is 6.22. The van der Waals surface area contributed by atoms with Crippen LogP contribution in [0.25, 0.3) is 21.1 Å². The second kappa shape index (κ2) is 19.8. The fraction of sp³-hybridized carbons (Fsp3) is 0.394. The number of pyridine rings is 1. The number of anilines is 2. The molecule has 4 rings (SSSR count). The van der Waals surface area contributed by atoms with E-state index in [1.807, 2.05) is 51.0 Å². The molecule has 0 spiro atoms. The van der Waals surface area contributed by atoms with Gasteiger partial charge in [0, 0.05) is 24.7 Å². The minimum absolute atomic E-state index is 0.0615. The standard InChI is InChI=1S/C19H31N5O4.C13H13N3S.CH2O/c1-12(2)16(20)18(26)24-15(5-4-10-22-19(21)27)17(25)23-14-8-6-13(7-9-14)11-28-3;1-2-5-10-16-11-12(17-10)8-6-3-4-7-9(8)15-13(11)14;1-2/h6-9,12,15-16H,4-5,10-11,20H2,1-3H3,(H,23,25)(H,24,26)(H3,21,22,27);3-4,6-7H,2,5H2,1H3,(H2,14,15);1H2/t15?,16-;;/m0../s1. The summed E-state index contributed by atoms with van der Waals surface area (Å²) in [5.74, 6) is -0.276. The molecule has 0 fully saturated rings. The summed E-state index contributed by atoms with van der Waals surface area (Å²) in [6.07, 6.45) is 2.90. The Bertz CT molecular complexity index is 1600. The van der Waals surface area contributed by atoms with E-state index < -0.39 is 24.0 Å². The molecule has 14 heteroatoms. The van der Waals surface area contributed by atoms with E-state index in [0.29, 0.717) is 37.5 Å². The fourth-order valence-electron chi connectivity index (χ4n) is 4.42. The molecule has 9 N–H and O–H groups in total. The molecule has 254 valence electrons. The number of primary amides is 1. The number of nitrogens with two attached hydrogens (primary N) is 3.